The number of amides is 1. The van der Waals surface area contributed by atoms with Crippen LogP contribution in [0, 0.1) is 0 Å². The average molecular weight is 568 g/mol. The Balaban J connectivity index is 1.42. The van der Waals surface area contributed by atoms with Crippen molar-refractivity contribution < 1.29 is 31.1 Å². The summed E-state index contributed by atoms with van der Waals surface area (Å²) >= 11 is 0. The summed E-state index contributed by atoms with van der Waals surface area (Å²) in [5.41, 5.74) is 0.445. The summed E-state index contributed by atoms with van der Waals surface area (Å²) in [7, 11) is -7.06. The number of hydrogen-bond donors (Lipinski definition) is 1. The topological polar surface area (TPSA) is 122 Å². The molecule has 10 nitrogen and oxygen atoms in total. The number of rotatable bonds is 14. The van der Waals surface area contributed by atoms with E-state index in [9.17, 15) is 21.6 Å². The molecule has 0 radical (unpaired) electrons. The molecule has 0 spiro atoms. The van der Waals surface area contributed by atoms with E-state index in [2.05, 4.69) is 5.32 Å². The predicted molar refractivity (Wildman–Crippen MR) is 147 cm³/mol. The van der Waals surface area contributed by atoms with Crippen LogP contribution in [0.2, 0.25) is 0 Å². The number of benzene rings is 2. The Morgan fingerprint density at radius 2 is 1.66 bits per heavy atom. The molecule has 1 fully saturated rings. The minimum Gasteiger partial charge on any atom is -0.492 e. The highest BCUT2D eigenvalue weighted by molar-refractivity contribution is 7.92. The van der Waals surface area contributed by atoms with Gasteiger partial charge in [-0.15, -0.1) is 0 Å². The van der Waals surface area contributed by atoms with Crippen LogP contribution in [-0.4, -0.2) is 72.7 Å². The van der Waals surface area contributed by atoms with Crippen molar-refractivity contribution in [3.8, 4) is 11.5 Å². The molecule has 12 heteroatoms. The Hall–Kier alpha value is -2.83. The standard InChI is InChI=1S/C26H37N3O7S2/c1-3-35-25-11-6-5-10-24(25)29(37(2,31)32)20-9-12-26(30)27-17-21-36-22-13-15-23(16-14-22)38(33,34)28-18-7-4-8-19-28/h5-6,10-11,13-16H,3-4,7-9,12,17-21H2,1-2H3,(H,27,30). The van der Waals surface area contributed by atoms with Gasteiger partial charge in [-0.1, -0.05) is 18.6 Å². The Kier molecular flexibility index (Phi) is 10.8. The molecule has 1 saturated heterocycles. The molecule has 0 unspecified atom stereocenters. The van der Waals surface area contributed by atoms with E-state index in [-0.39, 0.29) is 36.9 Å². The van der Waals surface area contributed by atoms with E-state index in [1.54, 1.807) is 36.4 Å². The third kappa shape index (κ3) is 8.34. The summed E-state index contributed by atoms with van der Waals surface area (Å²) in [6.07, 6.45) is 4.41. The van der Waals surface area contributed by atoms with Gasteiger partial charge >= 0.3 is 0 Å². The van der Waals surface area contributed by atoms with Crippen molar-refractivity contribution in [2.45, 2.75) is 43.9 Å². The number of hydrogen-bond acceptors (Lipinski definition) is 7. The van der Waals surface area contributed by atoms with Crippen molar-refractivity contribution in [1.29, 1.82) is 0 Å². The lowest BCUT2D eigenvalue weighted by Crippen LogP contribution is -2.35. The maximum absolute atomic E-state index is 12.7. The predicted octanol–water partition coefficient (Wildman–Crippen LogP) is 3.00. The van der Waals surface area contributed by atoms with Gasteiger partial charge in [-0.05, 0) is 62.6 Å². The van der Waals surface area contributed by atoms with Gasteiger partial charge in [0.05, 0.1) is 30.0 Å². The van der Waals surface area contributed by atoms with Crippen molar-refractivity contribution in [3.05, 3.63) is 48.5 Å². The number of carbonyl (C=O) groups is 1. The second kappa shape index (κ2) is 13.8. The van der Waals surface area contributed by atoms with Crippen LogP contribution in [0.15, 0.2) is 53.4 Å². The maximum Gasteiger partial charge on any atom is 0.243 e. The lowest BCUT2D eigenvalue weighted by molar-refractivity contribution is -0.121. The quantitative estimate of drug-likeness (QED) is 0.348. The van der Waals surface area contributed by atoms with E-state index in [0.29, 0.717) is 43.3 Å². The first-order valence-electron chi connectivity index (χ1n) is 12.8. The highest BCUT2D eigenvalue weighted by atomic mass is 32.2. The summed E-state index contributed by atoms with van der Waals surface area (Å²) in [6.45, 7) is 3.93. The number of sulfonamides is 2. The molecule has 2 aromatic rings. The molecule has 1 amide bonds. The highest BCUT2D eigenvalue weighted by Gasteiger charge is 2.26. The molecule has 0 aromatic heterocycles. The van der Waals surface area contributed by atoms with E-state index >= 15 is 0 Å². The van der Waals surface area contributed by atoms with Crippen LogP contribution in [0.4, 0.5) is 5.69 Å². The van der Waals surface area contributed by atoms with Gasteiger partial charge in [0.2, 0.25) is 26.0 Å². The van der Waals surface area contributed by atoms with E-state index in [4.69, 9.17) is 9.47 Å². The molecule has 0 saturated carbocycles. The van der Waals surface area contributed by atoms with Crippen molar-refractivity contribution in [3.63, 3.8) is 0 Å². The van der Waals surface area contributed by atoms with Gasteiger partial charge in [0.15, 0.2) is 0 Å². The molecule has 0 aliphatic carbocycles. The summed E-state index contributed by atoms with van der Waals surface area (Å²) in [5, 5.41) is 2.76. The van der Waals surface area contributed by atoms with Gasteiger partial charge in [0.1, 0.15) is 18.1 Å². The maximum atomic E-state index is 12.7. The largest absolute Gasteiger partial charge is 0.492 e. The summed E-state index contributed by atoms with van der Waals surface area (Å²) in [5.74, 6) is 0.760. The Labute approximate surface area is 226 Å². The molecule has 1 aliphatic heterocycles. The van der Waals surface area contributed by atoms with Gasteiger partial charge in [0, 0.05) is 26.1 Å². The second-order valence-corrected chi connectivity index (χ2v) is 12.8. The lowest BCUT2D eigenvalue weighted by atomic mass is 10.2. The minimum atomic E-state index is -3.57. The zero-order chi connectivity index (χ0) is 27.6. The summed E-state index contributed by atoms with van der Waals surface area (Å²) in [6, 6.07) is 13.2. The molecule has 3 rings (SSSR count). The monoisotopic (exact) mass is 567 g/mol. The van der Waals surface area contributed by atoms with Crippen molar-refractivity contribution in [1.82, 2.24) is 9.62 Å². The molecule has 2 aromatic carbocycles. The molecular formula is C26H37N3O7S2. The second-order valence-electron chi connectivity index (χ2n) is 8.97. The number of piperidine rings is 1. The van der Waals surface area contributed by atoms with Gasteiger partial charge in [-0.25, -0.2) is 16.8 Å². The molecule has 1 N–H and O–H groups in total. The molecule has 38 heavy (non-hydrogen) atoms. The number of nitrogens with one attached hydrogen (secondary N) is 1. The normalized spacial score (nSPS) is 14.6. The molecular weight excluding hydrogens is 530 g/mol. The first-order valence-corrected chi connectivity index (χ1v) is 16.1. The fourth-order valence-electron chi connectivity index (χ4n) is 4.20. The van der Waals surface area contributed by atoms with Crippen LogP contribution < -0.4 is 19.1 Å². The van der Waals surface area contributed by atoms with Crippen molar-refractivity contribution in [2.24, 2.45) is 0 Å². The Morgan fingerprint density at radius 3 is 2.32 bits per heavy atom. The van der Waals surface area contributed by atoms with Crippen LogP contribution in [0.25, 0.3) is 0 Å². The first-order chi connectivity index (χ1) is 18.1. The number of para-hydroxylation sites is 2. The molecule has 0 bridgehead atoms. The Bertz CT molecular complexity index is 1260. The third-order valence-corrected chi connectivity index (χ3v) is 9.16. The van der Waals surface area contributed by atoms with E-state index in [0.717, 1.165) is 25.5 Å². The molecule has 0 atom stereocenters. The first kappa shape index (κ1) is 29.7. The minimum absolute atomic E-state index is 0.138. The zero-order valence-electron chi connectivity index (χ0n) is 22.0. The fourth-order valence-corrected chi connectivity index (χ4v) is 6.68. The number of carbonyl (C=O) groups excluding carboxylic acids is 1. The van der Waals surface area contributed by atoms with E-state index in [1.807, 2.05) is 6.92 Å². The molecule has 1 heterocycles. The van der Waals surface area contributed by atoms with Gasteiger partial charge in [-0.3, -0.25) is 9.10 Å². The van der Waals surface area contributed by atoms with Crippen LogP contribution in [0.5, 0.6) is 11.5 Å². The summed E-state index contributed by atoms with van der Waals surface area (Å²) in [4.78, 5) is 12.5. The molecule has 210 valence electrons. The van der Waals surface area contributed by atoms with Crippen LogP contribution in [0.1, 0.15) is 39.0 Å². The van der Waals surface area contributed by atoms with Gasteiger partial charge in [0.25, 0.3) is 0 Å². The smallest absolute Gasteiger partial charge is 0.243 e. The van der Waals surface area contributed by atoms with Crippen LogP contribution >= 0.6 is 0 Å². The zero-order valence-corrected chi connectivity index (χ0v) is 23.6. The third-order valence-electron chi connectivity index (χ3n) is 6.07. The van der Waals surface area contributed by atoms with Crippen molar-refractivity contribution in [2.75, 3.05) is 50.0 Å². The van der Waals surface area contributed by atoms with E-state index in [1.165, 1.54) is 20.7 Å². The highest BCUT2D eigenvalue weighted by Crippen LogP contribution is 2.30. The summed E-state index contributed by atoms with van der Waals surface area (Å²) < 4.78 is 64.2. The number of nitrogens with zero attached hydrogens (tertiary/aromatic N) is 2. The number of anilines is 1. The van der Waals surface area contributed by atoms with Gasteiger partial charge in [-0.2, -0.15) is 4.31 Å². The van der Waals surface area contributed by atoms with E-state index < -0.39 is 20.0 Å². The lowest BCUT2D eigenvalue weighted by Gasteiger charge is -2.25. The van der Waals surface area contributed by atoms with Gasteiger partial charge < -0.3 is 14.8 Å². The Morgan fingerprint density at radius 1 is 0.974 bits per heavy atom. The van der Waals surface area contributed by atoms with Crippen LogP contribution in [-0.2, 0) is 24.8 Å². The van der Waals surface area contributed by atoms with Crippen LogP contribution in [0.3, 0.4) is 0 Å². The fraction of sp³-hybridized carbons (Fsp3) is 0.500. The molecule has 1 aliphatic rings. The van der Waals surface area contributed by atoms with Crippen molar-refractivity contribution >= 4 is 31.6 Å². The SMILES string of the molecule is CCOc1ccccc1N(CCCC(=O)NCCOc1ccc(S(=O)(=O)N2CCCCC2)cc1)S(C)(=O)=O. The average Bonchev–Trinajstić information content (AvgIpc) is 2.90. The number of ether oxygens (including phenoxy) is 2.